The molecular weight excluding hydrogens is 276 g/mol. The molecule has 2 N–H and O–H groups in total. The van der Waals surface area contributed by atoms with E-state index in [9.17, 15) is 16.8 Å². The molecule has 0 amide bonds. The van der Waals surface area contributed by atoms with E-state index in [1.807, 2.05) is 0 Å². The van der Waals surface area contributed by atoms with Gasteiger partial charge in [0.1, 0.15) is 9.84 Å². The molecule has 1 aromatic rings. The third-order valence-electron chi connectivity index (χ3n) is 2.22. The minimum absolute atomic E-state index is 0.106. The Hall–Kier alpha value is -1.12. The molecule has 0 atom stereocenters. The summed E-state index contributed by atoms with van der Waals surface area (Å²) >= 11 is 0. The Balaban J connectivity index is 2.74. The molecular formula is C10H16N2O4S2. The van der Waals surface area contributed by atoms with Crippen LogP contribution in [-0.4, -0.2) is 42.4 Å². The number of sulfone groups is 1. The van der Waals surface area contributed by atoms with Gasteiger partial charge in [0.05, 0.1) is 10.6 Å². The van der Waals surface area contributed by atoms with E-state index < -0.39 is 19.9 Å². The molecule has 0 aromatic heterocycles. The van der Waals surface area contributed by atoms with Gasteiger partial charge in [-0.3, -0.25) is 0 Å². The van der Waals surface area contributed by atoms with Crippen molar-refractivity contribution in [3.8, 4) is 0 Å². The van der Waals surface area contributed by atoms with Crippen LogP contribution in [0, 0.1) is 0 Å². The quantitative estimate of drug-likeness (QED) is 0.773. The number of anilines is 1. The fraction of sp³-hybridized carbons (Fsp3) is 0.400. The second-order valence-electron chi connectivity index (χ2n) is 3.80. The average Bonchev–Trinajstić information content (AvgIpc) is 2.27. The third-order valence-corrected chi connectivity index (χ3v) is 4.64. The van der Waals surface area contributed by atoms with E-state index in [2.05, 4.69) is 10.0 Å². The maximum atomic E-state index is 11.8. The van der Waals surface area contributed by atoms with Crippen LogP contribution in [-0.2, 0) is 19.9 Å². The number of sulfonamides is 1. The van der Waals surface area contributed by atoms with Crippen LogP contribution in [0.25, 0.3) is 0 Å². The first-order valence-corrected chi connectivity index (χ1v) is 8.74. The molecule has 102 valence electrons. The summed E-state index contributed by atoms with van der Waals surface area (Å²) in [7, 11) is -5.10. The number of benzene rings is 1. The van der Waals surface area contributed by atoms with Crippen LogP contribution < -0.4 is 10.0 Å². The number of nitrogens with one attached hydrogen (secondary N) is 2. The molecule has 18 heavy (non-hydrogen) atoms. The molecule has 0 saturated carbocycles. The van der Waals surface area contributed by atoms with Crippen LogP contribution in [0.5, 0.6) is 0 Å². The Morgan fingerprint density at radius 3 is 2.06 bits per heavy atom. The molecule has 0 fully saturated rings. The lowest BCUT2D eigenvalue weighted by Crippen LogP contribution is -2.28. The zero-order valence-corrected chi connectivity index (χ0v) is 11.8. The highest BCUT2D eigenvalue weighted by molar-refractivity contribution is 7.91. The van der Waals surface area contributed by atoms with Crippen molar-refractivity contribution in [3.63, 3.8) is 0 Å². The van der Waals surface area contributed by atoms with Crippen molar-refractivity contribution in [2.75, 3.05) is 30.9 Å². The second kappa shape index (κ2) is 5.68. The van der Waals surface area contributed by atoms with Gasteiger partial charge in [-0.2, -0.15) is 0 Å². The highest BCUT2D eigenvalue weighted by atomic mass is 32.2. The smallest absolute Gasteiger partial charge is 0.240 e. The summed E-state index contributed by atoms with van der Waals surface area (Å²) in [5.41, 5.74) is 0.796. The monoisotopic (exact) mass is 292 g/mol. The van der Waals surface area contributed by atoms with Crippen molar-refractivity contribution in [1.29, 1.82) is 0 Å². The van der Waals surface area contributed by atoms with Crippen LogP contribution >= 0.6 is 0 Å². The van der Waals surface area contributed by atoms with Gasteiger partial charge >= 0.3 is 0 Å². The lowest BCUT2D eigenvalue weighted by atomic mass is 10.3. The molecule has 0 bridgehead atoms. The van der Waals surface area contributed by atoms with E-state index in [-0.39, 0.29) is 17.2 Å². The van der Waals surface area contributed by atoms with Gasteiger partial charge in [0.25, 0.3) is 0 Å². The van der Waals surface area contributed by atoms with Gasteiger partial charge in [-0.1, -0.05) is 0 Å². The molecule has 0 unspecified atom stereocenters. The van der Waals surface area contributed by atoms with Gasteiger partial charge in [-0.15, -0.1) is 0 Å². The third kappa shape index (κ3) is 4.63. The van der Waals surface area contributed by atoms with E-state index >= 15 is 0 Å². The van der Waals surface area contributed by atoms with Crippen molar-refractivity contribution >= 4 is 25.5 Å². The summed E-state index contributed by atoms with van der Waals surface area (Å²) < 4.78 is 47.6. The predicted molar refractivity (Wildman–Crippen MR) is 70.9 cm³/mol. The Bertz CT molecular complexity index is 591. The standard InChI is InChI=1S/C10H16N2O4S2/c1-11-9-3-5-10(6-4-9)18(15,16)12-7-8-17(2,13)14/h3-6,11-12H,7-8H2,1-2H3. The maximum Gasteiger partial charge on any atom is 0.240 e. The molecule has 8 heteroatoms. The molecule has 6 nitrogen and oxygen atoms in total. The minimum Gasteiger partial charge on any atom is -0.388 e. The Morgan fingerprint density at radius 1 is 1.06 bits per heavy atom. The lowest BCUT2D eigenvalue weighted by Gasteiger charge is -2.07. The highest BCUT2D eigenvalue weighted by Gasteiger charge is 2.14. The van der Waals surface area contributed by atoms with Crippen LogP contribution in [0.4, 0.5) is 5.69 Å². The SMILES string of the molecule is CNc1ccc(S(=O)(=O)NCCS(C)(=O)=O)cc1. The number of rotatable bonds is 6. The van der Waals surface area contributed by atoms with E-state index in [1.54, 1.807) is 19.2 Å². The first kappa shape index (κ1) is 14.9. The molecule has 0 radical (unpaired) electrons. The van der Waals surface area contributed by atoms with Crippen LogP contribution in [0.15, 0.2) is 29.2 Å². The first-order chi connectivity index (χ1) is 8.24. The van der Waals surface area contributed by atoms with Crippen molar-refractivity contribution in [3.05, 3.63) is 24.3 Å². The van der Waals surface area contributed by atoms with Gasteiger partial charge in [0, 0.05) is 25.5 Å². The van der Waals surface area contributed by atoms with Crippen molar-refractivity contribution in [1.82, 2.24) is 4.72 Å². The summed E-state index contributed by atoms with van der Waals surface area (Å²) in [6.07, 6.45) is 1.06. The normalized spacial score (nSPS) is 12.3. The van der Waals surface area contributed by atoms with Gasteiger partial charge < -0.3 is 5.32 Å². The number of hydrogen-bond acceptors (Lipinski definition) is 5. The molecule has 0 aliphatic rings. The average molecular weight is 292 g/mol. The topological polar surface area (TPSA) is 92.3 Å². The zero-order valence-electron chi connectivity index (χ0n) is 10.2. The summed E-state index contributed by atoms with van der Waals surface area (Å²) in [6.45, 7) is -0.130. The Labute approximate surface area is 107 Å². The van der Waals surface area contributed by atoms with E-state index in [0.29, 0.717) is 0 Å². The first-order valence-electron chi connectivity index (χ1n) is 5.20. The van der Waals surface area contributed by atoms with Gasteiger partial charge in [-0.25, -0.2) is 21.6 Å². The number of hydrogen-bond donors (Lipinski definition) is 2. The second-order valence-corrected chi connectivity index (χ2v) is 7.83. The maximum absolute atomic E-state index is 11.8. The van der Waals surface area contributed by atoms with Crippen LogP contribution in [0.1, 0.15) is 0 Å². The fourth-order valence-corrected chi connectivity index (χ4v) is 2.88. The summed E-state index contributed by atoms with van der Waals surface area (Å²) in [5.74, 6) is -0.221. The molecule has 1 rings (SSSR count). The summed E-state index contributed by atoms with van der Waals surface area (Å²) in [6, 6.07) is 6.17. The zero-order chi connectivity index (χ0) is 13.8. The fourth-order valence-electron chi connectivity index (χ4n) is 1.25. The van der Waals surface area contributed by atoms with Gasteiger partial charge in [0.15, 0.2) is 0 Å². The largest absolute Gasteiger partial charge is 0.388 e. The van der Waals surface area contributed by atoms with E-state index in [0.717, 1.165) is 11.9 Å². The van der Waals surface area contributed by atoms with Crippen molar-refractivity contribution < 1.29 is 16.8 Å². The molecule has 0 aliphatic heterocycles. The Morgan fingerprint density at radius 2 is 1.61 bits per heavy atom. The highest BCUT2D eigenvalue weighted by Crippen LogP contribution is 2.13. The molecule has 0 heterocycles. The minimum atomic E-state index is -3.65. The Kier molecular flexibility index (Phi) is 4.71. The van der Waals surface area contributed by atoms with Crippen molar-refractivity contribution in [2.24, 2.45) is 0 Å². The molecule has 0 spiro atoms. The van der Waals surface area contributed by atoms with Gasteiger partial charge in [0.2, 0.25) is 10.0 Å². The van der Waals surface area contributed by atoms with Gasteiger partial charge in [-0.05, 0) is 24.3 Å². The van der Waals surface area contributed by atoms with Crippen LogP contribution in [0.3, 0.4) is 0 Å². The molecule has 1 aromatic carbocycles. The summed E-state index contributed by atoms with van der Waals surface area (Å²) in [4.78, 5) is 0.106. The van der Waals surface area contributed by atoms with E-state index in [1.165, 1.54) is 12.1 Å². The van der Waals surface area contributed by atoms with Crippen molar-refractivity contribution in [2.45, 2.75) is 4.90 Å². The van der Waals surface area contributed by atoms with E-state index in [4.69, 9.17) is 0 Å². The molecule has 0 saturated heterocycles. The lowest BCUT2D eigenvalue weighted by molar-refractivity contribution is 0.582. The summed E-state index contributed by atoms with van der Waals surface area (Å²) in [5, 5.41) is 2.87. The molecule has 0 aliphatic carbocycles. The van der Waals surface area contributed by atoms with Crippen LogP contribution in [0.2, 0.25) is 0 Å². The predicted octanol–water partition coefficient (Wildman–Crippen LogP) is 0.0512.